The van der Waals surface area contributed by atoms with Gasteiger partial charge in [-0.3, -0.25) is 14.9 Å². The van der Waals surface area contributed by atoms with Crippen LogP contribution in [0.1, 0.15) is 34.6 Å². The number of rotatable bonds is 4. The number of thiophene rings is 1. The molecule has 21 heavy (non-hydrogen) atoms. The number of carbonyl (C=O) groups excluding carboxylic acids is 3. The third-order valence-electron chi connectivity index (χ3n) is 3.76. The third kappa shape index (κ3) is 3.24. The Morgan fingerprint density at radius 3 is 2.86 bits per heavy atom. The zero-order valence-electron chi connectivity index (χ0n) is 11.5. The van der Waals surface area contributed by atoms with Gasteiger partial charge in [-0.25, -0.2) is 4.79 Å². The number of carbonyl (C=O) groups is 3. The Morgan fingerprint density at radius 2 is 2.14 bits per heavy atom. The van der Waals surface area contributed by atoms with Crippen molar-refractivity contribution in [2.45, 2.75) is 44.7 Å². The number of hydrogen-bond acceptors (Lipinski definition) is 4. The highest BCUT2D eigenvalue weighted by atomic mass is 32.1. The van der Waals surface area contributed by atoms with Crippen molar-refractivity contribution in [2.24, 2.45) is 0 Å². The lowest BCUT2D eigenvalue weighted by atomic mass is 9.99. The molecule has 1 aliphatic heterocycles. The molecule has 1 atom stereocenters. The molecule has 3 N–H and O–H groups in total. The van der Waals surface area contributed by atoms with E-state index in [1.807, 2.05) is 0 Å². The Bertz CT molecular complexity index is 573. The molecular weight excluding hydrogens is 290 g/mol. The van der Waals surface area contributed by atoms with Crippen LogP contribution in [0.25, 0.3) is 0 Å². The zero-order valence-corrected chi connectivity index (χ0v) is 12.3. The maximum absolute atomic E-state index is 11.8. The summed E-state index contributed by atoms with van der Waals surface area (Å²) >= 11 is 1.76. The van der Waals surface area contributed by atoms with Gasteiger partial charge >= 0.3 is 6.03 Å². The number of aryl methyl sites for hydroxylation is 2. The molecule has 4 amide bonds. The van der Waals surface area contributed by atoms with E-state index in [0.717, 1.165) is 17.7 Å². The lowest BCUT2D eigenvalue weighted by Crippen LogP contribution is -2.35. The summed E-state index contributed by atoms with van der Waals surface area (Å²) in [6.07, 6.45) is 4.74. The predicted octanol–water partition coefficient (Wildman–Crippen LogP) is 0.841. The third-order valence-corrected chi connectivity index (χ3v) is 4.99. The molecule has 2 aliphatic rings. The second kappa shape index (κ2) is 5.85. The van der Waals surface area contributed by atoms with Gasteiger partial charge in [0.05, 0.1) is 13.0 Å². The largest absolute Gasteiger partial charge is 0.351 e. The number of urea groups is 1. The number of hydrogen-bond donors (Lipinski definition) is 3. The molecular formula is C14H17N3O3S. The van der Waals surface area contributed by atoms with Crippen LogP contribution < -0.4 is 16.0 Å². The number of fused-ring (bicyclic) bond motifs is 1. The van der Waals surface area contributed by atoms with Crippen LogP contribution in [0.2, 0.25) is 0 Å². The molecule has 0 aromatic carbocycles. The fraction of sp³-hybridized carbons (Fsp3) is 0.500. The highest BCUT2D eigenvalue weighted by molar-refractivity contribution is 7.12. The van der Waals surface area contributed by atoms with Gasteiger partial charge < -0.3 is 10.6 Å². The number of amides is 4. The van der Waals surface area contributed by atoms with Crippen molar-refractivity contribution in [1.82, 2.24) is 16.0 Å². The van der Waals surface area contributed by atoms with Crippen LogP contribution in [-0.4, -0.2) is 23.9 Å². The minimum absolute atomic E-state index is 0.0251. The van der Waals surface area contributed by atoms with E-state index in [0.29, 0.717) is 6.54 Å². The van der Waals surface area contributed by atoms with Crippen molar-refractivity contribution >= 4 is 29.2 Å². The van der Waals surface area contributed by atoms with Crippen molar-refractivity contribution in [1.29, 1.82) is 0 Å². The van der Waals surface area contributed by atoms with Gasteiger partial charge in [-0.05, 0) is 37.3 Å². The van der Waals surface area contributed by atoms with E-state index in [1.165, 1.54) is 23.3 Å². The SMILES string of the molecule is O=C(C[C@H]1NC(=O)NC1=O)NCc1cc2c(s1)CCCC2. The van der Waals surface area contributed by atoms with Crippen molar-refractivity contribution in [3.63, 3.8) is 0 Å². The molecule has 7 heteroatoms. The minimum Gasteiger partial charge on any atom is -0.351 e. The van der Waals surface area contributed by atoms with Gasteiger partial charge in [-0.2, -0.15) is 0 Å². The Kier molecular flexibility index (Phi) is 3.92. The monoisotopic (exact) mass is 307 g/mol. The van der Waals surface area contributed by atoms with Crippen molar-refractivity contribution in [3.8, 4) is 0 Å². The Hall–Kier alpha value is -1.89. The van der Waals surface area contributed by atoms with Crippen LogP contribution in [0, 0.1) is 0 Å². The summed E-state index contributed by atoms with van der Waals surface area (Å²) in [6.45, 7) is 0.485. The Morgan fingerprint density at radius 1 is 1.33 bits per heavy atom. The van der Waals surface area contributed by atoms with E-state index in [9.17, 15) is 14.4 Å². The molecule has 0 saturated carbocycles. The van der Waals surface area contributed by atoms with E-state index in [4.69, 9.17) is 0 Å². The first-order valence-electron chi connectivity index (χ1n) is 7.10. The molecule has 2 heterocycles. The van der Waals surface area contributed by atoms with Crippen molar-refractivity contribution < 1.29 is 14.4 Å². The molecule has 0 radical (unpaired) electrons. The topological polar surface area (TPSA) is 87.3 Å². The lowest BCUT2D eigenvalue weighted by molar-refractivity contribution is -0.126. The smallest absolute Gasteiger partial charge is 0.322 e. The molecule has 1 aromatic rings. The number of nitrogens with one attached hydrogen (secondary N) is 3. The molecule has 1 fully saturated rings. The highest BCUT2D eigenvalue weighted by Gasteiger charge is 2.31. The van der Waals surface area contributed by atoms with Gasteiger partial charge in [0, 0.05) is 9.75 Å². The molecule has 1 aromatic heterocycles. The van der Waals surface area contributed by atoms with Gasteiger partial charge in [0.25, 0.3) is 5.91 Å². The highest BCUT2D eigenvalue weighted by Crippen LogP contribution is 2.29. The van der Waals surface area contributed by atoms with E-state index in [1.54, 1.807) is 11.3 Å². The molecule has 1 saturated heterocycles. The molecule has 6 nitrogen and oxygen atoms in total. The Balaban J connectivity index is 1.50. The van der Waals surface area contributed by atoms with Crippen LogP contribution in [0.3, 0.4) is 0 Å². The molecule has 112 valence electrons. The standard InChI is InChI=1S/C14H17N3O3S/c18-12(6-10-13(19)17-14(20)16-10)15-7-9-5-8-3-1-2-4-11(8)21-9/h5,10H,1-4,6-7H2,(H,15,18)(H2,16,17,19,20)/t10-/m1/s1. The summed E-state index contributed by atoms with van der Waals surface area (Å²) in [6, 6.07) is 0.876. The minimum atomic E-state index is -0.756. The van der Waals surface area contributed by atoms with Crippen LogP contribution in [-0.2, 0) is 29.0 Å². The van der Waals surface area contributed by atoms with Crippen LogP contribution in [0.15, 0.2) is 6.07 Å². The summed E-state index contributed by atoms with van der Waals surface area (Å²) in [5.74, 6) is -0.676. The Labute approximate surface area is 126 Å². The summed E-state index contributed by atoms with van der Waals surface area (Å²) in [5.41, 5.74) is 1.41. The van der Waals surface area contributed by atoms with Crippen molar-refractivity contribution in [2.75, 3.05) is 0 Å². The molecule has 0 unspecified atom stereocenters. The van der Waals surface area contributed by atoms with Crippen LogP contribution in [0.5, 0.6) is 0 Å². The first-order chi connectivity index (χ1) is 10.1. The van der Waals surface area contributed by atoms with Crippen molar-refractivity contribution in [3.05, 3.63) is 21.4 Å². The second-order valence-electron chi connectivity index (χ2n) is 5.36. The summed E-state index contributed by atoms with van der Waals surface area (Å²) < 4.78 is 0. The average Bonchev–Trinajstić information content (AvgIpc) is 2.99. The second-order valence-corrected chi connectivity index (χ2v) is 6.59. The van der Waals surface area contributed by atoms with E-state index >= 15 is 0 Å². The molecule has 3 rings (SSSR count). The van der Waals surface area contributed by atoms with Gasteiger partial charge in [-0.1, -0.05) is 0 Å². The predicted molar refractivity (Wildman–Crippen MR) is 77.9 cm³/mol. The van der Waals surface area contributed by atoms with E-state index < -0.39 is 18.0 Å². The molecule has 0 spiro atoms. The molecule has 1 aliphatic carbocycles. The van der Waals surface area contributed by atoms with Gasteiger partial charge in [-0.15, -0.1) is 11.3 Å². The van der Waals surface area contributed by atoms with Crippen LogP contribution in [0.4, 0.5) is 4.79 Å². The fourth-order valence-corrected chi connectivity index (χ4v) is 3.89. The quantitative estimate of drug-likeness (QED) is 0.720. The lowest BCUT2D eigenvalue weighted by Gasteiger charge is -2.08. The fourth-order valence-electron chi connectivity index (χ4n) is 2.69. The maximum Gasteiger partial charge on any atom is 0.322 e. The van der Waals surface area contributed by atoms with Crippen LogP contribution >= 0.6 is 11.3 Å². The van der Waals surface area contributed by atoms with E-state index in [2.05, 4.69) is 22.0 Å². The summed E-state index contributed by atoms with van der Waals surface area (Å²) in [4.78, 5) is 36.7. The zero-order chi connectivity index (χ0) is 14.8. The first-order valence-corrected chi connectivity index (χ1v) is 7.92. The normalized spacial score (nSPS) is 20.7. The summed E-state index contributed by atoms with van der Waals surface area (Å²) in [5, 5.41) is 7.34. The van der Waals surface area contributed by atoms with Gasteiger partial charge in [0.15, 0.2) is 0 Å². The summed E-state index contributed by atoms with van der Waals surface area (Å²) in [7, 11) is 0. The first kappa shape index (κ1) is 14.1. The molecule has 0 bridgehead atoms. The number of imide groups is 1. The van der Waals surface area contributed by atoms with E-state index in [-0.39, 0.29) is 12.3 Å². The maximum atomic E-state index is 11.8. The van der Waals surface area contributed by atoms with Gasteiger partial charge in [0.2, 0.25) is 5.91 Å². The van der Waals surface area contributed by atoms with Gasteiger partial charge in [0.1, 0.15) is 6.04 Å². The average molecular weight is 307 g/mol.